The lowest BCUT2D eigenvalue weighted by Gasteiger charge is -2.06. The van der Waals surface area contributed by atoms with Crippen LogP contribution in [0.3, 0.4) is 0 Å². The molecule has 0 aliphatic rings. The molecule has 0 bridgehead atoms. The molecule has 1 aromatic heterocycles. The Kier molecular flexibility index (Phi) is 2.90. The van der Waals surface area contributed by atoms with Crippen molar-refractivity contribution >= 4 is 11.3 Å². The van der Waals surface area contributed by atoms with Crippen molar-refractivity contribution in [3.8, 4) is 0 Å². The van der Waals surface area contributed by atoms with Gasteiger partial charge < -0.3 is 5.73 Å². The monoisotopic (exact) mass is 155 g/mol. The molecule has 10 heavy (non-hydrogen) atoms. The van der Waals surface area contributed by atoms with Crippen molar-refractivity contribution in [2.75, 3.05) is 0 Å². The Balaban J connectivity index is 2.50. The van der Waals surface area contributed by atoms with Gasteiger partial charge in [-0.15, -0.1) is 0 Å². The third-order valence-electron chi connectivity index (χ3n) is 1.57. The van der Waals surface area contributed by atoms with Crippen LogP contribution in [0.15, 0.2) is 16.8 Å². The molecule has 0 aromatic carbocycles. The molecule has 0 aliphatic heterocycles. The van der Waals surface area contributed by atoms with Crippen molar-refractivity contribution in [1.82, 2.24) is 0 Å². The maximum absolute atomic E-state index is 5.86. The Morgan fingerprint density at radius 2 is 2.50 bits per heavy atom. The van der Waals surface area contributed by atoms with E-state index in [2.05, 4.69) is 23.8 Å². The van der Waals surface area contributed by atoms with Gasteiger partial charge in [-0.1, -0.05) is 13.3 Å². The summed E-state index contributed by atoms with van der Waals surface area (Å²) < 4.78 is 0. The molecule has 2 N–H and O–H groups in total. The van der Waals surface area contributed by atoms with Crippen molar-refractivity contribution < 1.29 is 0 Å². The summed E-state index contributed by atoms with van der Waals surface area (Å²) >= 11 is 1.71. The Labute approximate surface area is 65.9 Å². The van der Waals surface area contributed by atoms with Crippen LogP contribution < -0.4 is 5.73 Å². The number of hydrogen-bond donors (Lipinski definition) is 1. The second-order valence-electron chi connectivity index (χ2n) is 2.45. The third-order valence-corrected chi connectivity index (χ3v) is 2.27. The van der Waals surface area contributed by atoms with Gasteiger partial charge in [0.1, 0.15) is 0 Å². The van der Waals surface area contributed by atoms with Gasteiger partial charge in [0.25, 0.3) is 0 Å². The molecule has 0 amide bonds. The molecular formula is C8H13NS. The van der Waals surface area contributed by atoms with Gasteiger partial charge in [-0.25, -0.2) is 0 Å². The minimum Gasteiger partial charge on any atom is -0.324 e. The molecular weight excluding hydrogens is 142 g/mol. The second-order valence-corrected chi connectivity index (χ2v) is 3.23. The van der Waals surface area contributed by atoms with Crippen LogP contribution in [0.5, 0.6) is 0 Å². The van der Waals surface area contributed by atoms with E-state index in [1.54, 1.807) is 11.3 Å². The van der Waals surface area contributed by atoms with E-state index >= 15 is 0 Å². The summed E-state index contributed by atoms with van der Waals surface area (Å²) in [5.74, 6) is 0. The van der Waals surface area contributed by atoms with E-state index in [9.17, 15) is 0 Å². The summed E-state index contributed by atoms with van der Waals surface area (Å²) in [5, 5.41) is 4.20. The van der Waals surface area contributed by atoms with Gasteiger partial charge in [0, 0.05) is 6.04 Å². The van der Waals surface area contributed by atoms with Gasteiger partial charge in [0.05, 0.1) is 0 Å². The summed E-state index contributed by atoms with van der Waals surface area (Å²) in [6.07, 6.45) is 2.26. The van der Waals surface area contributed by atoms with Crippen LogP contribution in [-0.4, -0.2) is 0 Å². The van der Waals surface area contributed by atoms with Gasteiger partial charge in [0.15, 0.2) is 0 Å². The van der Waals surface area contributed by atoms with E-state index in [0.29, 0.717) is 0 Å². The molecule has 1 atom stereocenters. The molecule has 1 aromatic rings. The fourth-order valence-electron chi connectivity index (χ4n) is 0.964. The average Bonchev–Trinajstić information content (AvgIpc) is 2.38. The molecule has 2 heteroatoms. The average molecular weight is 155 g/mol. The van der Waals surface area contributed by atoms with Crippen molar-refractivity contribution in [2.45, 2.75) is 25.8 Å². The number of rotatable bonds is 3. The predicted octanol–water partition coefficient (Wildman–Crippen LogP) is 2.55. The van der Waals surface area contributed by atoms with Crippen LogP contribution in [0.2, 0.25) is 0 Å². The number of nitrogens with two attached hydrogens (primary N) is 1. The number of thiophene rings is 1. The van der Waals surface area contributed by atoms with Crippen LogP contribution in [0.4, 0.5) is 0 Å². The Bertz CT molecular complexity index is 169. The van der Waals surface area contributed by atoms with Crippen molar-refractivity contribution in [3.05, 3.63) is 22.4 Å². The van der Waals surface area contributed by atoms with Gasteiger partial charge in [-0.2, -0.15) is 11.3 Å². The molecule has 56 valence electrons. The van der Waals surface area contributed by atoms with Crippen LogP contribution in [0.25, 0.3) is 0 Å². The molecule has 0 fully saturated rings. The third kappa shape index (κ3) is 1.82. The summed E-state index contributed by atoms with van der Waals surface area (Å²) in [7, 11) is 0. The summed E-state index contributed by atoms with van der Waals surface area (Å²) in [6.45, 7) is 2.16. The van der Waals surface area contributed by atoms with E-state index in [1.165, 1.54) is 5.56 Å². The maximum atomic E-state index is 5.86. The molecule has 0 radical (unpaired) electrons. The second kappa shape index (κ2) is 3.74. The highest BCUT2D eigenvalue weighted by Crippen LogP contribution is 2.17. The molecule has 0 aliphatic carbocycles. The first-order chi connectivity index (χ1) is 4.84. The first kappa shape index (κ1) is 7.76. The van der Waals surface area contributed by atoms with Crippen LogP contribution in [0, 0.1) is 0 Å². The van der Waals surface area contributed by atoms with Gasteiger partial charge in [-0.3, -0.25) is 0 Å². The van der Waals surface area contributed by atoms with E-state index in [-0.39, 0.29) is 6.04 Å². The first-order valence-corrected chi connectivity index (χ1v) is 4.56. The topological polar surface area (TPSA) is 26.0 Å². The van der Waals surface area contributed by atoms with Gasteiger partial charge >= 0.3 is 0 Å². The van der Waals surface area contributed by atoms with E-state index in [4.69, 9.17) is 5.73 Å². The quantitative estimate of drug-likeness (QED) is 0.713. The molecule has 0 unspecified atom stereocenters. The molecule has 1 heterocycles. The summed E-state index contributed by atoms with van der Waals surface area (Å²) in [4.78, 5) is 0. The normalized spacial score (nSPS) is 13.4. The fourth-order valence-corrected chi connectivity index (χ4v) is 1.69. The maximum Gasteiger partial charge on any atom is 0.0303 e. The molecule has 1 rings (SSSR count). The number of hydrogen-bond acceptors (Lipinski definition) is 2. The van der Waals surface area contributed by atoms with Crippen molar-refractivity contribution in [1.29, 1.82) is 0 Å². The van der Waals surface area contributed by atoms with E-state index < -0.39 is 0 Å². The molecule has 0 saturated heterocycles. The minimum absolute atomic E-state index is 0.260. The lowest BCUT2D eigenvalue weighted by atomic mass is 10.1. The Hall–Kier alpha value is -0.340. The van der Waals surface area contributed by atoms with E-state index in [0.717, 1.165) is 12.8 Å². The largest absolute Gasteiger partial charge is 0.324 e. The van der Waals surface area contributed by atoms with Gasteiger partial charge in [0.2, 0.25) is 0 Å². The van der Waals surface area contributed by atoms with Crippen LogP contribution in [-0.2, 0) is 0 Å². The fraction of sp³-hybridized carbons (Fsp3) is 0.500. The van der Waals surface area contributed by atoms with Crippen molar-refractivity contribution in [2.24, 2.45) is 5.73 Å². The van der Waals surface area contributed by atoms with Crippen molar-refractivity contribution in [3.63, 3.8) is 0 Å². The lowest BCUT2D eigenvalue weighted by molar-refractivity contribution is 0.640. The minimum atomic E-state index is 0.260. The smallest absolute Gasteiger partial charge is 0.0303 e. The summed E-state index contributed by atoms with van der Waals surface area (Å²) in [6, 6.07) is 2.36. The zero-order valence-electron chi connectivity index (χ0n) is 6.21. The highest BCUT2D eigenvalue weighted by molar-refractivity contribution is 7.07. The van der Waals surface area contributed by atoms with Crippen LogP contribution in [0.1, 0.15) is 31.4 Å². The zero-order valence-corrected chi connectivity index (χ0v) is 7.03. The van der Waals surface area contributed by atoms with Gasteiger partial charge in [-0.05, 0) is 28.8 Å². The first-order valence-electron chi connectivity index (χ1n) is 3.62. The Morgan fingerprint density at radius 3 is 3.00 bits per heavy atom. The highest BCUT2D eigenvalue weighted by atomic mass is 32.1. The Morgan fingerprint density at radius 1 is 1.70 bits per heavy atom. The van der Waals surface area contributed by atoms with E-state index in [1.807, 2.05) is 0 Å². The molecule has 1 nitrogen and oxygen atoms in total. The SMILES string of the molecule is CCC[C@@H](N)c1ccsc1. The highest BCUT2D eigenvalue weighted by Gasteiger charge is 2.02. The predicted molar refractivity (Wildman–Crippen MR) is 46.2 cm³/mol. The standard InChI is InChI=1S/C8H13NS/c1-2-3-8(9)7-4-5-10-6-7/h4-6,8H,2-3,9H2,1H3/t8-/m1/s1. The van der Waals surface area contributed by atoms with Crippen LogP contribution >= 0.6 is 11.3 Å². The molecule has 0 spiro atoms. The lowest BCUT2D eigenvalue weighted by Crippen LogP contribution is -2.07. The summed E-state index contributed by atoms with van der Waals surface area (Å²) in [5.41, 5.74) is 7.14. The molecule has 0 saturated carbocycles. The zero-order chi connectivity index (χ0) is 7.40.